The summed E-state index contributed by atoms with van der Waals surface area (Å²) >= 11 is 0. The number of hydrogen-bond donors (Lipinski definition) is 2. The predicted molar refractivity (Wildman–Crippen MR) is 96.3 cm³/mol. The molecule has 0 aromatic rings. The number of halogens is 2. The smallest absolute Gasteiger partial charge is 0.220 e. The number of amides is 1. The van der Waals surface area contributed by atoms with Gasteiger partial charge in [0.05, 0.1) is 6.61 Å². The molecule has 1 rings (SSSR count). The number of ether oxygens (including phenoxy) is 1. The summed E-state index contributed by atoms with van der Waals surface area (Å²) in [6, 6.07) is 0. The minimum Gasteiger partial charge on any atom is -0.383 e. The highest BCUT2D eigenvalue weighted by atomic mass is 35.5. The minimum atomic E-state index is 0. The van der Waals surface area contributed by atoms with Gasteiger partial charge in [0.15, 0.2) is 0 Å². The van der Waals surface area contributed by atoms with E-state index < -0.39 is 0 Å². The van der Waals surface area contributed by atoms with Gasteiger partial charge >= 0.3 is 0 Å². The fraction of sp³-hybridized carbons (Fsp3) is 0.933. The van der Waals surface area contributed by atoms with Crippen LogP contribution in [-0.4, -0.2) is 64.3 Å². The van der Waals surface area contributed by atoms with Gasteiger partial charge in [-0.1, -0.05) is 0 Å². The molecular weight excluding hydrogens is 325 g/mol. The Morgan fingerprint density at radius 3 is 2.59 bits per heavy atom. The van der Waals surface area contributed by atoms with Crippen molar-refractivity contribution in [3.05, 3.63) is 0 Å². The van der Waals surface area contributed by atoms with Gasteiger partial charge in [-0.25, -0.2) is 0 Å². The quantitative estimate of drug-likeness (QED) is 0.584. The Morgan fingerprint density at radius 2 is 1.95 bits per heavy atom. The molecule has 7 heteroatoms. The molecule has 2 N–H and O–H groups in total. The Bertz CT molecular complexity index is 265. The van der Waals surface area contributed by atoms with E-state index in [4.69, 9.17) is 4.74 Å². The summed E-state index contributed by atoms with van der Waals surface area (Å²) in [5, 5.41) is 6.38. The third-order valence-corrected chi connectivity index (χ3v) is 3.95. The van der Waals surface area contributed by atoms with Crippen LogP contribution < -0.4 is 10.6 Å². The van der Waals surface area contributed by atoms with Crippen LogP contribution in [0.1, 0.15) is 32.1 Å². The molecule has 0 aromatic carbocycles. The largest absolute Gasteiger partial charge is 0.383 e. The van der Waals surface area contributed by atoms with E-state index in [0.29, 0.717) is 6.42 Å². The van der Waals surface area contributed by atoms with E-state index in [1.54, 1.807) is 7.11 Å². The lowest BCUT2D eigenvalue weighted by molar-refractivity contribution is -0.121. The molecular formula is C15H33Cl2N3O2. The zero-order valence-electron chi connectivity index (χ0n) is 13.9. The first-order chi connectivity index (χ1) is 9.72. The zero-order chi connectivity index (χ0) is 14.6. The van der Waals surface area contributed by atoms with E-state index in [-0.39, 0.29) is 30.7 Å². The average Bonchev–Trinajstić information content (AvgIpc) is 2.48. The molecule has 1 fully saturated rings. The average molecular weight is 358 g/mol. The molecule has 0 unspecified atom stereocenters. The summed E-state index contributed by atoms with van der Waals surface area (Å²) in [5.41, 5.74) is 0. The van der Waals surface area contributed by atoms with Crippen LogP contribution in [-0.2, 0) is 9.53 Å². The first-order valence-corrected chi connectivity index (χ1v) is 7.87. The SMILES string of the molecule is COCCN(C)CCCNC(=O)CCC1CCNCC1.Cl.Cl. The molecule has 1 saturated heterocycles. The van der Waals surface area contributed by atoms with Crippen molar-refractivity contribution in [3.63, 3.8) is 0 Å². The van der Waals surface area contributed by atoms with E-state index in [2.05, 4.69) is 22.6 Å². The van der Waals surface area contributed by atoms with Crippen molar-refractivity contribution >= 4 is 30.7 Å². The van der Waals surface area contributed by atoms with Crippen LogP contribution in [0, 0.1) is 5.92 Å². The maximum Gasteiger partial charge on any atom is 0.220 e. The second-order valence-electron chi connectivity index (χ2n) is 5.73. The molecule has 22 heavy (non-hydrogen) atoms. The molecule has 0 atom stereocenters. The molecule has 5 nitrogen and oxygen atoms in total. The van der Waals surface area contributed by atoms with Crippen molar-refractivity contribution in [2.24, 2.45) is 5.92 Å². The molecule has 134 valence electrons. The fourth-order valence-corrected chi connectivity index (χ4v) is 2.53. The lowest BCUT2D eigenvalue weighted by Crippen LogP contribution is -2.31. The highest BCUT2D eigenvalue weighted by Gasteiger charge is 2.14. The van der Waals surface area contributed by atoms with Gasteiger partial charge in [-0.05, 0) is 58.3 Å². The van der Waals surface area contributed by atoms with Crippen LogP contribution in [0.2, 0.25) is 0 Å². The number of rotatable bonds is 10. The van der Waals surface area contributed by atoms with Gasteiger partial charge in [-0.15, -0.1) is 24.8 Å². The summed E-state index contributed by atoms with van der Waals surface area (Å²) < 4.78 is 5.03. The number of carbonyl (C=O) groups excluding carboxylic acids is 1. The number of hydrogen-bond acceptors (Lipinski definition) is 4. The summed E-state index contributed by atoms with van der Waals surface area (Å²) in [6.45, 7) is 5.71. The Morgan fingerprint density at radius 1 is 1.27 bits per heavy atom. The van der Waals surface area contributed by atoms with Gasteiger partial charge in [0.25, 0.3) is 0 Å². The van der Waals surface area contributed by atoms with E-state index in [1.807, 2.05) is 0 Å². The van der Waals surface area contributed by atoms with Crippen molar-refractivity contribution in [1.82, 2.24) is 15.5 Å². The Labute approximate surface area is 147 Å². The molecule has 1 heterocycles. The lowest BCUT2D eigenvalue weighted by Gasteiger charge is -2.22. The van der Waals surface area contributed by atoms with Crippen LogP contribution in [0.3, 0.4) is 0 Å². The molecule has 0 aliphatic carbocycles. The van der Waals surface area contributed by atoms with E-state index in [9.17, 15) is 4.79 Å². The fourth-order valence-electron chi connectivity index (χ4n) is 2.53. The monoisotopic (exact) mass is 357 g/mol. The Hall–Kier alpha value is -0.0700. The van der Waals surface area contributed by atoms with Gasteiger partial charge in [0.1, 0.15) is 0 Å². The Balaban J connectivity index is 0. The van der Waals surface area contributed by atoms with Crippen LogP contribution >= 0.6 is 24.8 Å². The van der Waals surface area contributed by atoms with Crippen molar-refractivity contribution in [1.29, 1.82) is 0 Å². The van der Waals surface area contributed by atoms with Gasteiger partial charge in [0.2, 0.25) is 5.91 Å². The maximum atomic E-state index is 11.7. The van der Waals surface area contributed by atoms with Gasteiger partial charge in [0, 0.05) is 26.6 Å². The molecule has 0 saturated carbocycles. The number of carbonyl (C=O) groups is 1. The minimum absolute atomic E-state index is 0. The van der Waals surface area contributed by atoms with Crippen LogP contribution in [0.15, 0.2) is 0 Å². The molecule has 0 bridgehead atoms. The highest BCUT2D eigenvalue weighted by Crippen LogP contribution is 2.17. The summed E-state index contributed by atoms with van der Waals surface area (Å²) in [7, 11) is 3.80. The molecule has 0 aromatic heterocycles. The molecule has 1 aliphatic rings. The van der Waals surface area contributed by atoms with Crippen molar-refractivity contribution in [2.75, 3.05) is 53.5 Å². The second kappa shape index (κ2) is 15.8. The number of nitrogens with zero attached hydrogens (tertiary/aromatic N) is 1. The van der Waals surface area contributed by atoms with E-state index in [0.717, 1.165) is 58.1 Å². The normalized spacial score (nSPS) is 15.0. The van der Waals surface area contributed by atoms with Crippen LogP contribution in [0.5, 0.6) is 0 Å². The lowest BCUT2D eigenvalue weighted by atomic mass is 9.93. The van der Waals surface area contributed by atoms with E-state index >= 15 is 0 Å². The summed E-state index contributed by atoms with van der Waals surface area (Å²) in [6.07, 6.45) is 5.17. The first kappa shape index (κ1) is 24.2. The molecule has 0 spiro atoms. The number of piperidine rings is 1. The van der Waals surface area contributed by atoms with Crippen molar-refractivity contribution < 1.29 is 9.53 Å². The van der Waals surface area contributed by atoms with Gasteiger partial charge in [-0.3, -0.25) is 4.79 Å². The van der Waals surface area contributed by atoms with Crippen molar-refractivity contribution in [3.8, 4) is 0 Å². The zero-order valence-corrected chi connectivity index (χ0v) is 15.6. The second-order valence-corrected chi connectivity index (χ2v) is 5.73. The van der Waals surface area contributed by atoms with Crippen LogP contribution in [0.4, 0.5) is 0 Å². The first-order valence-electron chi connectivity index (χ1n) is 7.87. The summed E-state index contributed by atoms with van der Waals surface area (Å²) in [5.74, 6) is 0.949. The molecule has 1 amide bonds. The Kier molecular flexibility index (Phi) is 17.4. The number of methoxy groups -OCH3 is 1. The third kappa shape index (κ3) is 12.5. The van der Waals surface area contributed by atoms with Crippen molar-refractivity contribution in [2.45, 2.75) is 32.1 Å². The number of likely N-dealkylation sites (N-methyl/N-ethyl adjacent to an activating group) is 1. The molecule has 0 radical (unpaired) electrons. The summed E-state index contributed by atoms with van der Waals surface area (Å²) in [4.78, 5) is 14.0. The topological polar surface area (TPSA) is 53.6 Å². The maximum absolute atomic E-state index is 11.7. The number of nitrogens with one attached hydrogen (secondary N) is 2. The van der Waals surface area contributed by atoms with Crippen LogP contribution in [0.25, 0.3) is 0 Å². The third-order valence-electron chi connectivity index (χ3n) is 3.95. The van der Waals surface area contributed by atoms with Gasteiger partial charge in [-0.2, -0.15) is 0 Å². The van der Waals surface area contributed by atoms with Gasteiger partial charge < -0.3 is 20.3 Å². The van der Waals surface area contributed by atoms with E-state index in [1.165, 1.54) is 12.8 Å². The molecule has 1 aliphatic heterocycles. The standard InChI is InChI=1S/C15H31N3O2.2ClH/c1-18(12-13-20-2)11-3-8-17-15(19)5-4-14-6-9-16-10-7-14;;/h14,16H,3-13H2,1-2H3,(H,17,19);2*1H. The highest BCUT2D eigenvalue weighted by molar-refractivity contribution is 5.85. The predicted octanol–water partition coefficient (Wildman–Crippen LogP) is 1.69.